The Morgan fingerprint density at radius 3 is 2.50 bits per heavy atom. The lowest BCUT2D eigenvalue weighted by molar-refractivity contribution is 0.0827. The molecule has 4 heterocycles. The van der Waals surface area contributed by atoms with Crippen LogP contribution in [0.1, 0.15) is 45.9 Å². The predicted molar refractivity (Wildman–Crippen MR) is 154 cm³/mol. The van der Waals surface area contributed by atoms with Gasteiger partial charge in [-0.3, -0.25) is 9.69 Å². The maximum Gasteiger partial charge on any atom is 0.253 e. The highest BCUT2D eigenvalue weighted by atomic mass is 16.2. The van der Waals surface area contributed by atoms with Gasteiger partial charge in [0, 0.05) is 67.6 Å². The first-order valence-corrected chi connectivity index (χ1v) is 13.4. The second-order valence-corrected chi connectivity index (χ2v) is 10.8. The number of carbonyl (C=O) groups excluding carboxylic acids is 1. The minimum absolute atomic E-state index is 0.0548. The number of piperidine rings is 1. The zero-order chi connectivity index (χ0) is 26.4. The Bertz CT molecular complexity index is 1620. The molecule has 0 bridgehead atoms. The maximum absolute atomic E-state index is 12.2. The first-order chi connectivity index (χ1) is 18.4. The quantitative estimate of drug-likeness (QED) is 0.313. The topological polar surface area (TPSA) is 57.2 Å². The fourth-order valence-corrected chi connectivity index (χ4v) is 6.04. The second-order valence-electron chi connectivity index (χ2n) is 10.8. The van der Waals surface area contributed by atoms with Crippen LogP contribution in [-0.2, 0) is 13.6 Å². The van der Waals surface area contributed by atoms with Crippen LogP contribution in [-0.4, -0.2) is 57.4 Å². The smallest absolute Gasteiger partial charge is 0.253 e. The number of amides is 1. The minimum atomic E-state index is 0.0548. The van der Waals surface area contributed by atoms with Crippen LogP contribution in [0.25, 0.3) is 33.1 Å². The van der Waals surface area contributed by atoms with E-state index in [1.54, 1.807) is 19.0 Å². The van der Waals surface area contributed by atoms with Gasteiger partial charge in [0.1, 0.15) is 5.65 Å². The van der Waals surface area contributed by atoms with Crippen molar-refractivity contribution in [3.8, 4) is 11.1 Å². The fraction of sp³-hybridized carbons (Fsp3) is 0.312. The highest BCUT2D eigenvalue weighted by Crippen LogP contribution is 2.35. The van der Waals surface area contributed by atoms with Gasteiger partial charge in [0.25, 0.3) is 5.91 Å². The van der Waals surface area contributed by atoms with Crippen molar-refractivity contribution in [2.75, 3.05) is 27.2 Å². The van der Waals surface area contributed by atoms with Gasteiger partial charge in [-0.15, -0.1) is 0 Å². The number of aryl methyl sites for hydroxylation is 2. The zero-order valence-electron chi connectivity index (χ0n) is 22.7. The van der Waals surface area contributed by atoms with Crippen molar-refractivity contribution in [2.45, 2.75) is 32.2 Å². The molecular formula is C32H35N5O. The summed E-state index contributed by atoms with van der Waals surface area (Å²) in [7, 11) is 5.73. The molecule has 2 aromatic carbocycles. The normalized spacial score (nSPS) is 14.9. The number of pyridine rings is 1. The molecule has 1 amide bonds. The van der Waals surface area contributed by atoms with Gasteiger partial charge in [-0.1, -0.05) is 18.2 Å². The van der Waals surface area contributed by atoms with Gasteiger partial charge in [-0.25, -0.2) is 4.98 Å². The van der Waals surface area contributed by atoms with E-state index in [2.05, 4.69) is 70.9 Å². The lowest BCUT2D eigenvalue weighted by Gasteiger charge is -2.32. The first kappa shape index (κ1) is 24.4. The Kier molecular flexibility index (Phi) is 6.28. The van der Waals surface area contributed by atoms with Gasteiger partial charge in [-0.05, 0) is 97.4 Å². The SMILES string of the molecule is Cc1c(-c2ccnc3c2cc(CN2CCC(c4ccc(C(=O)N(C)C)cc4)CC2)n3C)ccc2[nH]ccc12. The molecule has 0 radical (unpaired) electrons. The van der Waals surface area contributed by atoms with E-state index in [0.29, 0.717) is 5.92 Å². The molecule has 0 saturated carbocycles. The molecule has 1 N–H and O–H groups in total. The third-order valence-corrected chi connectivity index (χ3v) is 8.33. The summed E-state index contributed by atoms with van der Waals surface area (Å²) in [6, 6.07) is 19.3. The molecule has 0 aliphatic carbocycles. The van der Waals surface area contributed by atoms with Crippen LogP contribution in [0, 0.1) is 6.92 Å². The molecular weight excluding hydrogens is 470 g/mol. The molecule has 1 aliphatic heterocycles. The summed E-state index contributed by atoms with van der Waals surface area (Å²) in [6.07, 6.45) is 6.20. The van der Waals surface area contributed by atoms with Gasteiger partial charge in [-0.2, -0.15) is 0 Å². The summed E-state index contributed by atoms with van der Waals surface area (Å²) < 4.78 is 2.26. The third kappa shape index (κ3) is 4.29. The van der Waals surface area contributed by atoms with E-state index in [9.17, 15) is 4.79 Å². The fourth-order valence-electron chi connectivity index (χ4n) is 6.04. The number of H-pyrrole nitrogens is 1. The van der Waals surface area contributed by atoms with E-state index in [0.717, 1.165) is 43.7 Å². The number of hydrogen-bond donors (Lipinski definition) is 1. The largest absolute Gasteiger partial charge is 0.361 e. The van der Waals surface area contributed by atoms with E-state index in [-0.39, 0.29) is 5.91 Å². The molecule has 194 valence electrons. The average Bonchev–Trinajstić information content (AvgIpc) is 3.54. The number of aromatic amines is 1. The second kappa shape index (κ2) is 9.76. The summed E-state index contributed by atoms with van der Waals surface area (Å²) in [5.41, 5.74) is 9.40. The lowest BCUT2D eigenvalue weighted by atomic mass is 9.89. The van der Waals surface area contributed by atoms with Crippen molar-refractivity contribution >= 4 is 27.8 Å². The van der Waals surface area contributed by atoms with E-state index < -0.39 is 0 Å². The lowest BCUT2D eigenvalue weighted by Crippen LogP contribution is -2.33. The number of hydrogen-bond acceptors (Lipinski definition) is 3. The Morgan fingerprint density at radius 1 is 1.00 bits per heavy atom. The van der Waals surface area contributed by atoms with Crippen LogP contribution < -0.4 is 0 Å². The predicted octanol–water partition coefficient (Wildman–Crippen LogP) is 6.11. The Labute approximate surface area is 223 Å². The van der Waals surface area contributed by atoms with Gasteiger partial charge in [0.2, 0.25) is 0 Å². The molecule has 6 heteroatoms. The van der Waals surface area contributed by atoms with Gasteiger partial charge >= 0.3 is 0 Å². The number of aromatic nitrogens is 3. The number of likely N-dealkylation sites (tertiary alicyclic amines) is 1. The van der Waals surface area contributed by atoms with E-state index in [1.165, 1.54) is 44.2 Å². The van der Waals surface area contributed by atoms with Crippen molar-refractivity contribution in [1.82, 2.24) is 24.3 Å². The average molecular weight is 506 g/mol. The Balaban J connectivity index is 1.19. The summed E-state index contributed by atoms with van der Waals surface area (Å²) in [5, 5.41) is 2.48. The number of fused-ring (bicyclic) bond motifs is 2. The van der Waals surface area contributed by atoms with Crippen LogP contribution in [0.15, 0.2) is 67.0 Å². The van der Waals surface area contributed by atoms with Crippen molar-refractivity contribution < 1.29 is 4.79 Å². The number of carbonyl (C=O) groups is 1. The van der Waals surface area contributed by atoms with Crippen molar-refractivity contribution in [1.29, 1.82) is 0 Å². The highest BCUT2D eigenvalue weighted by molar-refractivity contribution is 5.98. The molecule has 0 unspecified atom stereocenters. The summed E-state index contributed by atoms with van der Waals surface area (Å²) >= 11 is 0. The number of benzene rings is 2. The van der Waals surface area contributed by atoms with Gasteiger partial charge < -0.3 is 14.5 Å². The van der Waals surface area contributed by atoms with Crippen LogP contribution in [0.3, 0.4) is 0 Å². The molecule has 1 fully saturated rings. The summed E-state index contributed by atoms with van der Waals surface area (Å²) in [6.45, 7) is 5.26. The minimum Gasteiger partial charge on any atom is -0.361 e. The van der Waals surface area contributed by atoms with E-state index >= 15 is 0 Å². The molecule has 0 spiro atoms. The number of nitrogens with zero attached hydrogens (tertiary/aromatic N) is 4. The van der Waals surface area contributed by atoms with Crippen LogP contribution in [0.4, 0.5) is 0 Å². The molecule has 6 rings (SSSR count). The first-order valence-electron chi connectivity index (χ1n) is 13.4. The maximum atomic E-state index is 12.2. The van der Waals surface area contributed by atoms with Crippen LogP contribution in [0.2, 0.25) is 0 Å². The standard InChI is InChI=1S/C32H35N5O/c1-21-26(9-10-30-27(21)11-15-33-30)28-12-16-34-31-29(28)19-25(36(31)4)20-37-17-13-23(14-18-37)22-5-7-24(8-6-22)32(38)35(2)3/h5-12,15-16,19,23,33H,13-14,17-18,20H2,1-4H3. The summed E-state index contributed by atoms with van der Waals surface area (Å²) in [4.78, 5) is 24.5. The molecule has 6 nitrogen and oxygen atoms in total. The van der Waals surface area contributed by atoms with Crippen LogP contribution >= 0.6 is 0 Å². The monoisotopic (exact) mass is 505 g/mol. The molecule has 1 aliphatic rings. The molecule has 1 saturated heterocycles. The Morgan fingerprint density at radius 2 is 1.76 bits per heavy atom. The van der Waals surface area contributed by atoms with Gasteiger partial charge in [0.05, 0.1) is 0 Å². The number of nitrogens with one attached hydrogen (secondary N) is 1. The van der Waals surface area contributed by atoms with Crippen LogP contribution in [0.5, 0.6) is 0 Å². The molecule has 3 aromatic heterocycles. The van der Waals surface area contributed by atoms with Gasteiger partial charge in [0.15, 0.2) is 0 Å². The van der Waals surface area contributed by atoms with E-state index in [1.807, 2.05) is 24.5 Å². The molecule has 38 heavy (non-hydrogen) atoms. The van der Waals surface area contributed by atoms with E-state index in [4.69, 9.17) is 4.98 Å². The van der Waals surface area contributed by atoms with Crippen molar-refractivity contribution in [3.05, 3.63) is 89.4 Å². The zero-order valence-corrected chi connectivity index (χ0v) is 22.7. The number of rotatable bonds is 5. The highest BCUT2D eigenvalue weighted by Gasteiger charge is 2.23. The van der Waals surface area contributed by atoms with Crippen molar-refractivity contribution in [2.24, 2.45) is 7.05 Å². The van der Waals surface area contributed by atoms with Crippen molar-refractivity contribution in [3.63, 3.8) is 0 Å². The third-order valence-electron chi connectivity index (χ3n) is 8.33. The Hall–Kier alpha value is -3.90. The summed E-state index contributed by atoms with van der Waals surface area (Å²) in [5.74, 6) is 0.598. The molecule has 0 atom stereocenters. The molecule has 5 aromatic rings.